The molecule has 2 fully saturated rings. The van der Waals surface area contributed by atoms with Crippen molar-refractivity contribution in [2.24, 2.45) is 5.92 Å². The van der Waals surface area contributed by atoms with Gasteiger partial charge in [0, 0.05) is 32.1 Å². The quantitative estimate of drug-likeness (QED) is 0.613. The summed E-state index contributed by atoms with van der Waals surface area (Å²) in [4.78, 5) is 24.8. The van der Waals surface area contributed by atoms with Crippen molar-refractivity contribution >= 4 is 49.9 Å². The van der Waals surface area contributed by atoms with Gasteiger partial charge in [-0.25, -0.2) is 18.4 Å². The van der Waals surface area contributed by atoms with E-state index in [-0.39, 0.29) is 11.8 Å². The Labute approximate surface area is 191 Å². The molecule has 32 heavy (non-hydrogen) atoms. The van der Waals surface area contributed by atoms with Crippen molar-refractivity contribution in [2.75, 3.05) is 36.4 Å². The highest BCUT2D eigenvalue weighted by Gasteiger charge is 2.33. The number of anilines is 2. The molecule has 3 aromatic rings. The van der Waals surface area contributed by atoms with Crippen molar-refractivity contribution in [1.29, 1.82) is 0 Å². The summed E-state index contributed by atoms with van der Waals surface area (Å²) in [5.74, 6) is 0.823. The second-order valence-corrected chi connectivity index (χ2v) is 11.3. The standard InChI is InChI=1S/C22H25N5O3S2/c28-22(16-9-13-27(14-10-16)32(29,30)19-8-5-15-31-19)25-20-21(26-11-3-4-12-26)24-18-7-2-1-6-17(18)23-20/h1-2,5-8,15-16H,3-4,9-14H2,(H,23,25,28). The molecule has 0 saturated carbocycles. The molecule has 2 aliphatic heterocycles. The third-order valence-electron chi connectivity index (χ3n) is 6.11. The van der Waals surface area contributed by atoms with Crippen molar-refractivity contribution in [3.63, 3.8) is 0 Å². The molecule has 0 atom stereocenters. The zero-order valence-corrected chi connectivity index (χ0v) is 19.2. The van der Waals surface area contributed by atoms with Crippen LogP contribution in [-0.2, 0) is 14.8 Å². The molecular weight excluding hydrogens is 446 g/mol. The van der Waals surface area contributed by atoms with Gasteiger partial charge in [0.15, 0.2) is 11.6 Å². The number of hydrogen-bond acceptors (Lipinski definition) is 7. The lowest BCUT2D eigenvalue weighted by molar-refractivity contribution is -0.120. The summed E-state index contributed by atoms with van der Waals surface area (Å²) in [5.41, 5.74) is 1.54. The number of sulfonamides is 1. The van der Waals surface area contributed by atoms with Crippen LogP contribution >= 0.6 is 11.3 Å². The highest BCUT2D eigenvalue weighted by molar-refractivity contribution is 7.91. The Kier molecular flexibility index (Phi) is 5.83. The van der Waals surface area contributed by atoms with E-state index < -0.39 is 10.0 Å². The molecule has 1 N–H and O–H groups in total. The number of hydrogen-bond donors (Lipinski definition) is 1. The second-order valence-electron chi connectivity index (χ2n) is 8.18. The molecule has 1 aromatic carbocycles. The zero-order chi connectivity index (χ0) is 22.1. The number of benzene rings is 1. The van der Waals surface area contributed by atoms with Crippen molar-refractivity contribution < 1.29 is 13.2 Å². The summed E-state index contributed by atoms with van der Waals surface area (Å²) in [6, 6.07) is 11.0. The van der Waals surface area contributed by atoms with Gasteiger partial charge in [0.25, 0.3) is 10.0 Å². The van der Waals surface area contributed by atoms with Crippen LogP contribution in [0, 0.1) is 5.92 Å². The molecule has 2 aliphatic rings. The minimum Gasteiger partial charge on any atom is -0.354 e. The predicted molar refractivity (Wildman–Crippen MR) is 125 cm³/mol. The number of rotatable bonds is 5. The molecular formula is C22H25N5O3S2. The monoisotopic (exact) mass is 471 g/mol. The van der Waals surface area contributed by atoms with Crippen LogP contribution < -0.4 is 10.2 Å². The molecule has 0 spiro atoms. The van der Waals surface area contributed by atoms with Crippen LogP contribution in [0.15, 0.2) is 46.0 Å². The molecule has 0 aliphatic carbocycles. The minimum absolute atomic E-state index is 0.122. The fourth-order valence-electron chi connectivity index (χ4n) is 4.34. The molecule has 0 radical (unpaired) electrons. The predicted octanol–water partition coefficient (Wildman–Crippen LogP) is 3.33. The van der Waals surface area contributed by atoms with Gasteiger partial charge in [-0.2, -0.15) is 4.31 Å². The van der Waals surface area contributed by atoms with Gasteiger partial charge in [0.05, 0.1) is 11.0 Å². The average Bonchev–Trinajstić information content (AvgIpc) is 3.53. The van der Waals surface area contributed by atoms with Gasteiger partial charge in [0.2, 0.25) is 5.91 Å². The third-order valence-corrected chi connectivity index (χ3v) is 9.38. The molecule has 5 rings (SSSR count). The molecule has 8 nitrogen and oxygen atoms in total. The summed E-state index contributed by atoms with van der Waals surface area (Å²) < 4.78 is 27.3. The molecule has 10 heteroatoms. The van der Waals surface area contributed by atoms with Gasteiger partial charge in [-0.1, -0.05) is 18.2 Å². The summed E-state index contributed by atoms with van der Waals surface area (Å²) in [6.07, 6.45) is 3.16. The largest absolute Gasteiger partial charge is 0.354 e. The average molecular weight is 472 g/mol. The van der Waals surface area contributed by atoms with E-state index in [1.165, 1.54) is 15.6 Å². The Morgan fingerprint density at radius 1 is 0.969 bits per heavy atom. The first kappa shape index (κ1) is 21.3. The number of thiophene rings is 1. The zero-order valence-electron chi connectivity index (χ0n) is 17.6. The van der Waals surface area contributed by atoms with E-state index in [0.717, 1.165) is 37.0 Å². The maximum atomic E-state index is 13.1. The highest BCUT2D eigenvalue weighted by atomic mass is 32.2. The summed E-state index contributed by atoms with van der Waals surface area (Å²) in [7, 11) is -3.48. The van der Waals surface area contributed by atoms with E-state index in [2.05, 4.69) is 10.2 Å². The number of fused-ring (bicyclic) bond motifs is 1. The molecule has 2 saturated heterocycles. The van der Waals surface area contributed by atoms with Gasteiger partial charge in [-0.15, -0.1) is 11.3 Å². The van der Waals surface area contributed by atoms with Crippen molar-refractivity contribution in [2.45, 2.75) is 29.9 Å². The Balaban J connectivity index is 1.32. The first-order valence-electron chi connectivity index (χ1n) is 10.9. The van der Waals surface area contributed by atoms with Gasteiger partial charge in [-0.05, 0) is 49.3 Å². The van der Waals surface area contributed by atoms with E-state index in [4.69, 9.17) is 9.97 Å². The smallest absolute Gasteiger partial charge is 0.252 e. The molecule has 2 aromatic heterocycles. The van der Waals surface area contributed by atoms with Crippen LogP contribution in [-0.4, -0.2) is 54.8 Å². The lowest BCUT2D eigenvalue weighted by Crippen LogP contribution is -2.41. The molecule has 4 heterocycles. The molecule has 1 amide bonds. The van der Waals surface area contributed by atoms with Gasteiger partial charge in [-0.3, -0.25) is 4.79 Å². The maximum absolute atomic E-state index is 13.1. The van der Waals surface area contributed by atoms with Crippen molar-refractivity contribution in [1.82, 2.24) is 14.3 Å². The van der Waals surface area contributed by atoms with Crippen molar-refractivity contribution in [3.05, 3.63) is 41.8 Å². The molecule has 168 valence electrons. The number of para-hydroxylation sites is 2. The summed E-state index contributed by atoms with van der Waals surface area (Å²) >= 11 is 1.22. The normalized spacial score (nSPS) is 18.3. The fraction of sp³-hybridized carbons (Fsp3) is 0.409. The van der Waals surface area contributed by atoms with Crippen molar-refractivity contribution in [3.8, 4) is 0 Å². The number of nitrogens with one attached hydrogen (secondary N) is 1. The van der Waals surface area contributed by atoms with Crippen LogP contribution in [0.1, 0.15) is 25.7 Å². The number of piperidine rings is 1. The number of carbonyl (C=O) groups excluding carboxylic acids is 1. The third kappa shape index (κ3) is 4.10. The van der Waals surface area contributed by atoms with Crippen LogP contribution in [0.4, 0.5) is 11.6 Å². The molecule has 0 bridgehead atoms. The van der Waals surface area contributed by atoms with Crippen LogP contribution in [0.25, 0.3) is 11.0 Å². The van der Waals surface area contributed by atoms with Gasteiger partial charge >= 0.3 is 0 Å². The van der Waals surface area contributed by atoms with E-state index in [0.29, 0.717) is 41.8 Å². The van der Waals surface area contributed by atoms with Gasteiger partial charge in [0.1, 0.15) is 4.21 Å². The number of carbonyl (C=O) groups is 1. The Morgan fingerprint density at radius 3 is 2.31 bits per heavy atom. The van der Waals surface area contributed by atoms with Gasteiger partial charge < -0.3 is 10.2 Å². The number of aromatic nitrogens is 2. The van der Waals surface area contributed by atoms with E-state index in [9.17, 15) is 13.2 Å². The SMILES string of the molecule is O=C(Nc1nc2ccccc2nc1N1CCCC1)C1CCN(S(=O)(=O)c2cccs2)CC1. The maximum Gasteiger partial charge on any atom is 0.252 e. The van der Waals surface area contributed by atoms with Crippen LogP contribution in [0.3, 0.4) is 0 Å². The number of nitrogens with zero attached hydrogens (tertiary/aromatic N) is 4. The Morgan fingerprint density at radius 2 is 1.66 bits per heavy atom. The first-order chi connectivity index (χ1) is 15.5. The summed E-state index contributed by atoms with van der Waals surface area (Å²) in [5, 5.41) is 4.77. The summed E-state index contributed by atoms with van der Waals surface area (Å²) in [6.45, 7) is 2.46. The Bertz CT molecular complexity index is 1220. The number of amides is 1. The van der Waals surface area contributed by atoms with E-state index in [1.807, 2.05) is 24.3 Å². The highest BCUT2D eigenvalue weighted by Crippen LogP contribution is 2.30. The lowest BCUT2D eigenvalue weighted by atomic mass is 9.97. The second kappa shape index (κ2) is 8.76. The Hall–Kier alpha value is -2.56. The lowest BCUT2D eigenvalue weighted by Gasteiger charge is -2.30. The molecule has 0 unspecified atom stereocenters. The fourth-order valence-corrected chi connectivity index (χ4v) is 6.95. The first-order valence-corrected chi connectivity index (χ1v) is 13.2. The minimum atomic E-state index is -3.48. The van der Waals surface area contributed by atoms with Crippen LogP contribution in [0.5, 0.6) is 0 Å². The topological polar surface area (TPSA) is 95.5 Å². The van der Waals surface area contributed by atoms with E-state index in [1.54, 1.807) is 17.5 Å². The van der Waals surface area contributed by atoms with E-state index >= 15 is 0 Å². The van der Waals surface area contributed by atoms with Crippen LogP contribution in [0.2, 0.25) is 0 Å².